The van der Waals surface area contributed by atoms with Gasteiger partial charge in [-0.05, 0) is 48.7 Å². The number of rotatable bonds is 6. The summed E-state index contributed by atoms with van der Waals surface area (Å²) in [6.45, 7) is 1.45. The Morgan fingerprint density at radius 1 is 1.13 bits per heavy atom. The van der Waals surface area contributed by atoms with Crippen LogP contribution in [0.4, 0.5) is 21.8 Å². The summed E-state index contributed by atoms with van der Waals surface area (Å²) in [5.41, 5.74) is 1.27. The molecule has 0 radical (unpaired) electrons. The third-order valence-electron chi connectivity index (χ3n) is 5.18. The van der Waals surface area contributed by atoms with Gasteiger partial charge in [0.05, 0.1) is 12.1 Å². The molecule has 1 amide bonds. The first kappa shape index (κ1) is 21.1. The van der Waals surface area contributed by atoms with E-state index >= 15 is 0 Å². The van der Waals surface area contributed by atoms with Crippen molar-refractivity contribution in [1.29, 1.82) is 0 Å². The van der Waals surface area contributed by atoms with E-state index in [1.165, 1.54) is 6.07 Å². The molecule has 2 heterocycles. The quantitative estimate of drug-likeness (QED) is 0.598. The SMILES string of the molecule is O=C(Cc1cccc(Cl)c1)NC1CCN(c2nccc(Nc3ccccc3F)n2)CC1. The largest absolute Gasteiger partial charge is 0.353 e. The van der Waals surface area contributed by atoms with Gasteiger partial charge < -0.3 is 15.5 Å². The molecule has 0 spiro atoms. The molecule has 0 atom stereocenters. The molecule has 0 aliphatic carbocycles. The lowest BCUT2D eigenvalue weighted by molar-refractivity contribution is -0.121. The number of hydrogen-bond donors (Lipinski definition) is 2. The smallest absolute Gasteiger partial charge is 0.227 e. The second kappa shape index (κ2) is 9.75. The molecule has 1 saturated heterocycles. The minimum atomic E-state index is -0.336. The molecule has 0 bridgehead atoms. The highest BCUT2D eigenvalue weighted by atomic mass is 35.5. The van der Waals surface area contributed by atoms with Gasteiger partial charge in [-0.3, -0.25) is 4.79 Å². The zero-order valence-electron chi connectivity index (χ0n) is 16.9. The Balaban J connectivity index is 1.30. The van der Waals surface area contributed by atoms with Crippen LogP contribution in [0, 0.1) is 5.82 Å². The summed E-state index contributed by atoms with van der Waals surface area (Å²) in [4.78, 5) is 23.3. The number of amides is 1. The number of aromatic nitrogens is 2. The predicted octanol–water partition coefficient (Wildman–Crippen LogP) is 4.34. The topological polar surface area (TPSA) is 70.2 Å². The fraction of sp³-hybridized carbons (Fsp3) is 0.261. The first-order valence-electron chi connectivity index (χ1n) is 10.2. The van der Waals surface area contributed by atoms with Crippen molar-refractivity contribution in [3.05, 3.63) is 77.2 Å². The molecule has 1 fully saturated rings. The first-order chi connectivity index (χ1) is 15.1. The summed E-state index contributed by atoms with van der Waals surface area (Å²) in [5, 5.41) is 6.73. The van der Waals surface area contributed by atoms with E-state index in [0.29, 0.717) is 28.9 Å². The maximum Gasteiger partial charge on any atom is 0.227 e. The van der Waals surface area contributed by atoms with Crippen molar-refractivity contribution in [1.82, 2.24) is 15.3 Å². The van der Waals surface area contributed by atoms with Crippen molar-refractivity contribution in [3.8, 4) is 0 Å². The van der Waals surface area contributed by atoms with Gasteiger partial charge >= 0.3 is 0 Å². The molecule has 2 N–H and O–H groups in total. The molecule has 8 heteroatoms. The van der Waals surface area contributed by atoms with Gasteiger partial charge in [0, 0.05) is 30.4 Å². The number of nitrogens with zero attached hydrogens (tertiary/aromatic N) is 3. The van der Waals surface area contributed by atoms with Crippen LogP contribution in [-0.4, -0.2) is 35.0 Å². The Hall–Kier alpha value is -3.19. The van der Waals surface area contributed by atoms with E-state index in [4.69, 9.17) is 11.6 Å². The summed E-state index contributed by atoms with van der Waals surface area (Å²) in [7, 11) is 0. The van der Waals surface area contributed by atoms with Gasteiger partial charge in [-0.15, -0.1) is 0 Å². The average Bonchev–Trinajstić information content (AvgIpc) is 2.76. The van der Waals surface area contributed by atoms with Crippen molar-refractivity contribution < 1.29 is 9.18 Å². The van der Waals surface area contributed by atoms with Gasteiger partial charge in [-0.2, -0.15) is 4.98 Å². The van der Waals surface area contributed by atoms with Crippen LogP contribution in [0.2, 0.25) is 5.02 Å². The standard InChI is InChI=1S/C23H23ClFN5O/c24-17-5-3-4-16(14-17)15-22(31)27-18-9-12-30(13-10-18)23-26-11-8-21(29-23)28-20-7-2-1-6-19(20)25/h1-8,11,14,18H,9-10,12-13,15H2,(H,27,31)(H,26,28,29). The summed E-state index contributed by atoms with van der Waals surface area (Å²) in [6, 6.07) is 15.6. The molecule has 3 aromatic rings. The highest BCUT2D eigenvalue weighted by molar-refractivity contribution is 6.30. The lowest BCUT2D eigenvalue weighted by Crippen LogP contribution is -2.45. The van der Waals surface area contributed by atoms with Gasteiger partial charge in [0.25, 0.3) is 0 Å². The fourth-order valence-electron chi connectivity index (χ4n) is 3.61. The highest BCUT2D eigenvalue weighted by Crippen LogP contribution is 2.21. The number of para-hydroxylation sites is 1. The molecule has 31 heavy (non-hydrogen) atoms. The molecule has 1 aliphatic heterocycles. The first-order valence-corrected chi connectivity index (χ1v) is 10.6. The summed E-state index contributed by atoms with van der Waals surface area (Å²) < 4.78 is 13.9. The summed E-state index contributed by atoms with van der Waals surface area (Å²) in [5.74, 6) is 0.780. The Morgan fingerprint density at radius 2 is 1.94 bits per heavy atom. The van der Waals surface area contributed by atoms with E-state index in [2.05, 4.69) is 25.5 Å². The van der Waals surface area contributed by atoms with E-state index in [0.717, 1.165) is 31.5 Å². The maximum absolute atomic E-state index is 13.9. The molecule has 160 valence electrons. The van der Waals surface area contributed by atoms with E-state index in [1.54, 1.807) is 36.5 Å². The number of benzene rings is 2. The molecule has 0 unspecified atom stereocenters. The molecule has 1 aliphatic rings. The van der Waals surface area contributed by atoms with Crippen molar-refractivity contribution in [3.63, 3.8) is 0 Å². The zero-order chi connectivity index (χ0) is 21.6. The molecular weight excluding hydrogens is 417 g/mol. The van der Waals surface area contributed by atoms with Gasteiger partial charge in [-0.1, -0.05) is 35.9 Å². The Labute approximate surface area is 185 Å². The zero-order valence-corrected chi connectivity index (χ0v) is 17.6. The lowest BCUT2D eigenvalue weighted by atomic mass is 10.0. The fourth-order valence-corrected chi connectivity index (χ4v) is 3.82. The van der Waals surface area contributed by atoms with Gasteiger partial charge in [-0.25, -0.2) is 9.37 Å². The van der Waals surface area contributed by atoms with Crippen molar-refractivity contribution in [2.24, 2.45) is 0 Å². The molecule has 4 rings (SSSR count). The average molecular weight is 440 g/mol. The van der Waals surface area contributed by atoms with Crippen molar-refractivity contribution in [2.75, 3.05) is 23.3 Å². The number of carbonyl (C=O) groups excluding carboxylic acids is 1. The van der Waals surface area contributed by atoms with Crippen LogP contribution in [0.15, 0.2) is 60.8 Å². The summed E-state index contributed by atoms with van der Waals surface area (Å²) >= 11 is 5.99. The molecule has 0 saturated carbocycles. The molecular formula is C23H23ClFN5O. The van der Waals surface area contributed by atoms with Gasteiger partial charge in [0.15, 0.2) is 0 Å². The highest BCUT2D eigenvalue weighted by Gasteiger charge is 2.22. The Bertz CT molecular complexity index is 1060. The van der Waals surface area contributed by atoms with E-state index in [-0.39, 0.29) is 17.8 Å². The van der Waals surface area contributed by atoms with Crippen LogP contribution in [0.5, 0.6) is 0 Å². The van der Waals surface area contributed by atoms with Crippen LogP contribution in [0.1, 0.15) is 18.4 Å². The number of anilines is 3. The Kier molecular flexibility index (Phi) is 6.62. The van der Waals surface area contributed by atoms with E-state index in [9.17, 15) is 9.18 Å². The van der Waals surface area contributed by atoms with E-state index < -0.39 is 0 Å². The van der Waals surface area contributed by atoms with Gasteiger partial charge in [0.2, 0.25) is 11.9 Å². The normalized spacial score (nSPS) is 14.3. The molecule has 6 nitrogen and oxygen atoms in total. The summed E-state index contributed by atoms with van der Waals surface area (Å²) in [6.07, 6.45) is 3.57. The monoisotopic (exact) mass is 439 g/mol. The second-order valence-corrected chi connectivity index (χ2v) is 7.92. The van der Waals surface area contributed by atoms with Crippen LogP contribution in [0.3, 0.4) is 0 Å². The van der Waals surface area contributed by atoms with Crippen molar-refractivity contribution >= 4 is 35.0 Å². The minimum absolute atomic E-state index is 0.00643. The third-order valence-corrected chi connectivity index (χ3v) is 5.41. The van der Waals surface area contributed by atoms with Crippen LogP contribution in [0.25, 0.3) is 0 Å². The molecule has 2 aromatic carbocycles. The Morgan fingerprint density at radius 3 is 2.71 bits per heavy atom. The number of piperidine rings is 1. The third kappa shape index (κ3) is 5.70. The number of hydrogen-bond acceptors (Lipinski definition) is 5. The predicted molar refractivity (Wildman–Crippen MR) is 120 cm³/mol. The van der Waals surface area contributed by atoms with Crippen LogP contribution in [-0.2, 0) is 11.2 Å². The van der Waals surface area contributed by atoms with E-state index in [1.807, 2.05) is 18.2 Å². The number of halogens is 2. The number of nitrogens with one attached hydrogen (secondary N) is 2. The van der Waals surface area contributed by atoms with Crippen LogP contribution >= 0.6 is 11.6 Å². The minimum Gasteiger partial charge on any atom is -0.353 e. The lowest BCUT2D eigenvalue weighted by Gasteiger charge is -2.32. The van der Waals surface area contributed by atoms with Crippen LogP contribution < -0.4 is 15.5 Å². The molecule has 1 aromatic heterocycles. The van der Waals surface area contributed by atoms with Gasteiger partial charge in [0.1, 0.15) is 11.6 Å². The second-order valence-electron chi connectivity index (χ2n) is 7.48. The number of carbonyl (C=O) groups is 1. The maximum atomic E-state index is 13.9. The van der Waals surface area contributed by atoms with Crippen molar-refractivity contribution in [2.45, 2.75) is 25.3 Å².